The molecule has 1 saturated heterocycles. The molecule has 0 bridgehead atoms. The maximum Gasteiger partial charge on any atom is 0.323 e. The topological polar surface area (TPSA) is 78.2 Å². The van der Waals surface area contributed by atoms with Crippen LogP contribution in [0.4, 0.5) is 0 Å². The lowest BCUT2D eigenvalue weighted by Crippen LogP contribution is -2.66. The van der Waals surface area contributed by atoms with E-state index in [0.29, 0.717) is 18.4 Å². The van der Waals surface area contributed by atoms with Gasteiger partial charge in [-0.05, 0) is 37.0 Å². The van der Waals surface area contributed by atoms with E-state index in [-0.39, 0.29) is 23.1 Å². The molecule has 0 unspecified atom stereocenters. The SMILES string of the molecule is CN(C(=O)CCCc1ccc2[nH]c(=O)[nH]c2c1)[C@@H]1[C@@H]2CCO[C@H]2C1(C)C. The van der Waals surface area contributed by atoms with Crippen LogP contribution in [-0.2, 0) is 16.0 Å². The van der Waals surface area contributed by atoms with E-state index < -0.39 is 0 Å². The summed E-state index contributed by atoms with van der Waals surface area (Å²) >= 11 is 0. The van der Waals surface area contributed by atoms with Gasteiger partial charge in [0.05, 0.1) is 17.1 Å². The molecule has 3 atom stereocenters. The average molecular weight is 357 g/mol. The van der Waals surface area contributed by atoms with Gasteiger partial charge in [0.15, 0.2) is 0 Å². The van der Waals surface area contributed by atoms with E-state index >= 15 is 0 Å². The number of hydrogen-bond acceptors (Lipinski definition) is 3. The molecule has 140 valence electrons. The number of hydrogen-bond donors (Lipinski definition) is 2. The summed E-state index contributed by atoms with van der Waals surface area (Å²) in [6.07, 6.45) is 3.54. The van der Waals surface area contributed by atoms with Crippen molar-refractivity contribution in [1.82, 2.24) is 14.9 Å². The van der Waals surface area contributed by atoms with Crippen molar-refractivity contribution in [2.75, 3.05) is 13.7 Å². The Balaban J connectivity index is 1.34. The summed E-state index contributed by atoms with van der Waals surface area (Å²) in [5, 5.41) is 0. The summed E-state index contributed by atoms with van der Waals surface area (Å²) in [7, 11) is 1.94. The maximum absolute atomic E-state index is 12.7. The number of carbonyl (C=O) groups excluding carboxylic acids is 1. The largest absolute Gasteiger partial charge is 0.377 e. The molecule has 6 heteroatoms. The molecule has 1 saturated carbocycles. The fourth-order valence-corrected chi connectivity index (χ4v) is 5.09. The van der Waals surface area contributed by atoms with Gasteiger partial charge in [-0.3, -0.25) is 4.79 Å². The number of rotatable bonds is 5. The van der Waals surface area contributed by atoms with E-state index in [1.54, 1.807) is 0 Å². The Labute approximate surface area is 152 Å². The highest BCUT2D eigenvalue weighted by Gasteiger charge is 2.61. The second kappa shape index (κ2) is 6.27. The summed E-state index contributed by atoms with van der Waals surface area (Å²) in [4.78, 5) is 31.5. The number of H-pyrrole nitrogens is 2. The number of ether oxygens (including phenoxy) is 1. The molecular formula is C20H27N3O3. The first-order chi connectivity index (χ1) is 12.4. The Morgan fingerprint density at radius 3 is 2.88 bits per heavy atom. The zero-order valence-corrected chi connectivity index (χ0v) is 15.7. The predicted octanol–water partition coefficient (Wildman–Crippen LogP) is 2.45. The van der Waals surface area contributed by atoms with Crippen LogP contribution in [0, 0.1) is 11.3 Å². The summed E-state index contributed by atoms with van der Waals surface area (Å²) in [6, 6.07) is 6.18. The molecule has 6 nitrogen and oxygen atoms in total. The molecule has 26 heavy (non-hydrogen) atoms. The van der Waals surface area contributed by atoms with E-state index in [1.165, 1.54) is 0 Å². The van der Waals surface area contributed by atoms with Gasteiger partial charge in [0.2, 0.25) is 5.91 Å². The predicted molar refractivity (Wildman–Crippen MR) is 100 cm³/mol. The number of nitrogens with zero attached hydrogens (tertiary/aromatic N) is 1. The highest BCUT2D eigenvalue weighted by Crippen LogP contribution is 2.54. The van der Waals surface area contributed by atoms with Crippen molar-refractivity contribution < 1.29 is 9.53 Å². The zero-order chi connectivity index (χ0) is 18.5. The van der Waals surface area contributed by atoms with Crippen LogP contribution in [0.3, 0.4) is 0 Å². The van der Waals surface area contributed by atoms with Gasteiger partial charge >= 0.3 is 5.69 Å². The molecule has 1 aliphatic heterocycles. The van der Waals surface area contributed by atoms with Gasteiger partial charge < -0.3 is 19.6 Å². The first kappa shape index (κ1) is 17.3. The van der Waals surface area contributed by atoms with Gasteiger partial charge in [0.25, 0.3) is 0 Å². The molecule has 2 aromatic rings. The van der Waals surface area contributed by atoms with Crippen LogP contribution in [0.15, 0.2) is 23.0 Å². The number of imidazole rings is 1. The Morgan fingerprint density at radius 1 is 1.31 bits per heavy atom. The van der Waals surface area contributed by atoms with Gasteiger partial charge in [0, 0.05) is 37.5 Å². The fourth-order valence-electron chi connectivity index (χ4n) is 5.09. The number of aromatic amines is 2. The van der Waals surface area contributed by atoms with Crippen molar-refractivity contribution in [2.45, 2.75) is 51.7 Å². The lowest BCUT2D eigenvalue weighted by atomic mass is 9.57. The lowest BCUT2D eigenvalue weighted by Gasteiger charge is -2.57. The zero-order valence-electron chi connectivity index (χ0n) is 15.7. The quantitative estimate of drug-likeness (QED) is 0.863. The lowest BCUT2D eigenvalue weighted by molar-refractivity contribution is -0.167. The summed E-state index contributed by atoms with van der Waals surface area (Å²) in [5.74, 6) is 0.705. The molecular weight excluding hydrogens is 330 g/mol. The van der Waals surface area contributed by atoms with Crippen LogP contribution in [-0.4, -0.2) is 46.6 Å². The summed E-state index contributed by atoms with van der Waals surface area (Å²) in [5.41, 5.74) is 2.62. The van der Waals surface area contributed by atoms with Crippen LogP contribution >= 0.6 is 0 Å². The van der Waals surface area contributed by atoms with Crippen molar-refractivity contribution >= 4 is 16.9 Å². The molecule has 4 rings (SSSR count). The van der Waals surface area contributed by atoms with Gasteiger partial charge in [0.1, 0.15) is 0 Å². The molecule has 2 fully saturated rings. The number of aryl methyl sites for hydroxylation is 1. The second-order valence-electron chi connectivity index (χ2n) is 8.33. The minimum atomic E-state index is -0.189. The molecule has 0 radical (unpaired) electrons. The molecule has 2 aliphatic rings. The van der Waals surface area contributed by atoms with Crippen molar-refractivity contribution in [2.24, 2.45) is 11.3 Å². The van der Waals surface area contributed by atoms with Gasteiger partial charge in [-0.15, -0.1) is 0 Å². The Bertz CT molecular complexity index is 882. The summed E-state index contributed by atoms with van der Waals surface area (Å²) < 4.78 is 5.84. The molecule has 0 spiro atoms. The molecule has 1 aliphatic carbocycles. The minimum Gasteiger partial charge on any atom is -0.377 e. The van der Waals surface area contributed by atoms with Gasteiger partial charge in [-0.1, -0.05) is 19.9 Å². The third-order valence-corrected chi connectivity index (χ3v) is 6.29. The van der Waals surface area contributed by atoms with Crippen LogP contribution in [0.2, 0.25) is 0 Å². The third kappa shape index (κ3) is 2.76. The van der Waals surface area contributed by atoms with Crippen LogP contribution < -0.4 is 5.69 Å². The Morgan fingerprint density at radius 2 is 2.08 bits per heavy atom. The molecule has 1 aromatic carbocycles. The fraction of sp³-hybridized carbons (Fsp3) is 0.600. The molecule has 1 aromatic heterocycles. The van der Waals surface area contributed by atoms with Crippen LogP contribution in [0.25, 0.3) is 11.0 Å². The Kier molecular flexibility index (Phi) is 4.18. The number of aromatic nitrogens is 2. The smallest absolute Gasteiger partial charge is 0.323 e. The number of amides is 1. The normalized spacial score (nSPS) is 26.5. The van der Waals surface area contributed by atoms with E-state index in [4.69, 9.17) is 4.74 Å². The Hall–Kier alpha value is -2.08. The number of fused-ring (bicyclic) bond motifs is 2. The van der Waals surface area contributed by atoms with Crippen molar-refractivity contribution in [3.8, 4) is 0 Å². The van der Waals surface area contributed by atoms with Crippen LogP contribution in [0.1, 0.15) is 38.7 Å². The first-order valence-electron chi connectivity index (χ1n) is 9.46. The average Bonchev–Trinajstić information content (AvgIpc) is 3.18. The van der Waals surface area contributed by atoms with E-state index in [9.17, 15) is 9.59 Å². The third-order valence-electron chi connectivity index (χ3n) is 6.29. The summed E-state index contributed by atoms with van der Waals surface area (Å²) in [6.45, 7) is 5.24. The number of benzene rings is 1. The second-order valence-corrected chi connectivity index (χ2v) is 8.33. The van der Waals surface area contributed by atoms with Crippen molar-refractivity contribution in [1.29, 1.82) is 0 Å². The number of carbonyl (C=O) groups is 1. The van der Waals surface area contributed by atoms with E-state index in [2.05, 4.69) is 23.8 Å². The molecule has 2 N–H and O–H groups in total. The van der Waals surface area contributed by atoms with Crippen LogP contribution in [0.5, 0.6) is 0 Å². The van der Waals surface area contributed by atoms with E-state index in [1.807, 2.05) is 30.1 Å². The standard InChI is InChI=1S/C20H27N3O3/c1-20(2)17(13-9-10-26-18(13)20)23(3)16(24)6-4-5-12-7-8-14-15(11-12)22-19(25)21-14/h7-8,11,13,17-18H,4-6,9-10H2,1-3H3,(H2,21,22,25)/t13-,17+,18+/m0/s1. The monoisotopic (exact) mass is 357 g/mol. The van der Waals surface area contributed by atoms with E-state index in [0.717, 1.165) is 42.5 Å². The highest BCUT2D eigenvalue weighted by atomic mass is 16.5. The van der Waals surface area contributed by atoms with Crippen molar-refractivity contribution in [3.05, 3.63) is 34.2 Å². The minimum absolute atomic E-state index is 0.0385. The van der Waals surface area contributed by atoms with Crippen molar-refractivity contribution in [3.63, 3.8) is 0 Å². The van der Waals surface area contributed by atoms with Gasteiger partial charge in [-0.25, -0.2) is 4.79 Å². The molecule has 1 amide bonds. The first-order valence-corrected chi connectivity index (χ1v) is 9.46. The number of nitrogens with one attached hydrogen (secondary N) is 2. The molecule has 2 heterocycles. The highest BCUT2D eigenvalue weighted by molar-refractivity contribution is 5.77. The van der Waals surface area contributed by atoms with Gasteiger partial charge in [-0.2, -0.15) is 0 Å². The maximum atomic E-state index is 12.7.